The third-order valence-corrected chi connectivity index (χ3v) is 4.04. The lowest BCUT2D eigenvalue weighted by Gasteiger charge is -2.09. The molecule has 0 aliphatic heterocycles. The fraction of sp³-hybridized carbons (Fsp3) is 0.455. The topological polar surface area (TPSA) is 82.8 Å². The molecule has 17 heavy (non-hydrogen) atoms. The maximum atomic E-state index is 11.6. The van der Waals surface area contributed by atoms with E-state index in [-0.39, 0.29) is 6.54 Å². The molecule has 1 aromatic heterocycles. The van der Waals surface area contributed by atoms with Gasteiger partial charge in [-0.25, -0.2) is 13.1 Å². The summed E-state index contributed by atoms with van der Waals surface area (Å²) in [6.45, 7) is 3.45. The molecule has 0 amide bonds. The van der Waals surface area contributed by atoms with Gasteiger partial charge in [-0.2, -0.15) is 5.26 Å². The summed E-state index contributed by atoms with van der Waals surface area (Å²) in [4.78, 5) is 4.13. The highest BCUT2D eigenvalue weighted by molar-refractivity contribution is 7.90. The fourth-order valence-corrected chi connectivity index (χ4v) is 2.04. The van der Waals surface area contributed by atoms with Gasteiger partial charge >= 0.3 is 0 Å². The quantitative estimate of drug-likeness (QED) is 0.847. The number of hydrogen-bond acceptors (Lipinski definition) is 4. The minimum atomic E-state index is -3.58. The number of nitriles is 1. The van der Waals surface area contributed by atoms with Gasteiger partial charge < -0.3 is 0 Å². The molecule has 1 heterocycles. The van der Waals surface area contributed by atoms with Gasteiger partial charge in [0.05, 0.1) is 18.3 Å². The van der Waals surface area contributed by atoms with Crippen molar-refractivity contribution in [1.29, 1.82) is 5.26 Å². The van der Waals surface area contributed by atoms with Gasteiger partial charge in [-0.3, -0.25) is 4.98 Å². The lowest BCUT2D eigenvalue weighted by Crippen LogP contribution is -2.31. The molecule has 1 unspecified atom stereocenters. The number of nitrogens with one attached hydrogen (secondary N) is 1. The van der Waals surface area contributed by atoms with Crippen molar-refractivity contribution in [3.8, 4) is 6.07 Å². The van der Waals surface area contributed by atoms with E-state index in [0.717, 1.165) is 12.0 Å². The van der Waals surface area contributed by atoms with E-state index in [4.69, 9.17) is 5.26 Å². The predicted octanol–water partition coefficient (Wildman–Crippen LogP) is 0.975. The molecule has 0 aliphatic rings. The van der Waals surface area contributed by atoms with Gasteiger partial charge in [-0.1, -0.05) is 13.0 Å². The highest BCUT2D eigenvalue weighted by Crippen LogP contribution is 2.07. The molecule has 0 saturated carbocycles. The Bertz CT molecular complexity index is 520. The number of sulfonamides is 1. The molecule has 0 bridgehead atoms. The summed E-state index contributed by atoms with van der Waals surface area (Å²) in [6.07, 6.45) is 2.41. The molecule has 0 spiro atoms. The molecule has 5 nitrogen and oxygen atoms in total. The van der Waals surface area contributed by atoms with Crippen LogP contribution in [-0.2, 0) is 23.0 Å². The zero-order chi connectivity index (χ0) is 12.9. The Kier molecular flexibility index (Phi) is 4.61. The van der Waals surface area contributed by atoms with Gasteiger partial charge in [0, 0.05) is 6.20 Å². The number of rotatable bonds is 5. The molecule has 1 atom stereocenters. The van der Waals surface area contributed by atoms with Crippen LogP contribution in [-0.4, -0.2) is 18.7 Å². The number of nitrogens with zero attached hydrogens (tertiary/aromatic N) is 2. The van der Waals surface area contributed by atoms with Crippen molar-refractivity contribution in [2.45, 2.75) is 32.1 Å². The summed E-state index contributed by atoms with van der Waals surface area (Å²) in [7, 11) is -3.58. The van der Waals surface area contributed by atoms with Gasteiger partial charge in [0.15, 0.2) is 5.25 Å². The first-order chi connectivity index (χ1) is 8.01. The molecule has 0 aliphatic carbocycles. The largest absolute Gasteiger partial charge is 0.260 e. The van der Waals surface area contributed by atoms with Crippen LogP contribution in [0.4, 0.5) is 0 Å². The highest BCUT2D eigenvalue weighted by Gasteiger charge is 2.19. The van der Waals surface area contributed by atoms with E-state index in [1.807, 2.05) is 19.1 Å². The summed E-state index contributed by atoms with van der Waals surface area (Å²) < 4.78 is 25.5. The van der Waals surface area contributed by atoms with E-state index in [1.54, 1.807) is 12.3 Å². The third kappa shape index (κ3) is 3.51. The summed E-state index contributed by atoms with van der Waals surface area (Å²) in [6, 6.07) is 5.42. The van der Waals surface area contributed by atoms with E-state index in [1.165, 1.54) is 6.92 Å². The second-order valence-electron chi connectivity index (χ2n) is 3.60. The number of aryl methyl sites for hydroxylation is 1. The van der Waals surface area contributed by atoms with Crippen molar-refractivity contribution in [3.05, 3.63) is 29.6 Å². The Morgan fingerprint density at radius 1 is 1.59 bits per heavy atom. The van der Waals surface area contributed by atoms with Gasteiger partial charge in [-0.15, -0.1) is 0 Å². The molecule has 1 rings (SSSR count). The molecule has 1 aromatic rings. The van der Waals surface area contributed by atoms with Gasteiger partial charge in [0.2, 0.25) is 10.0 Å². The average Bonchev–Trinajstić information content (AvgIpc) is 2.35. The Labute approximate surface area is 102 Å². The van der Waals surface area contributed by atoms with Crippen molar-refractivity contribution in [3.63, 3.8) is 0 Å². The lowest BCUT2D eigenvalue weighted by molar-refractivity contribution is 0.575. The van der Waals surface area contributed by atoms with E-state index < -0.39 is 15.3 Å². The second kappa shape index (κ2) is 5.75. The zero-order valence-corrected chi connectivity index (χ0v) is 10.7. The molecular formula is C11H15N3O2S. The number of aromatic nitrogens is 1. The van der Waals surface area contributed by atoms with E-state index in [9.17, 15) is 8.42 Å². The number of hydrogen-bond donors (Lipinski definition) is 1. The van der Waals surface area contributed by atoms with Crippen LogP contribution in [0.25, 0.3) is 0 Å². The van der Waals surface area contributed by atoms with Crippen LogP contribution in [0.15, 0.2) is 18.3 Å². The van der Waals surface area contributed by atoms with Crippen LogP contribution < -0.4 is 4.72 Å². The van der Waals surface area contributed by atoms with Crippen LogP contribution >= 0.6 is 0 Å². The average molecular weight is 253 g/mol. The summed E-state index contributed by atoms with van der Waals surface area (Å²) >= 11 is 0. The Balaban J connectivity index is 2.78. The maximum Gasteiger partial charge on any atom is 0.228 e. The van der Waals surface area contributed by atoms with Crippen LogP contribution in [0.3, 0.4) is 0 Å². The SMILES string of the molecule is CCc1cccnc1CNS(=O)(=O)C(C)C#N. The van der Waals surface area contributed by atoms with Crippen molar-refractivity contribution in [1.82, 2.24) is 9.71 Å². The minimum Gasteiger partial charge on any atom is -0.260 e. The standard InChI is InChI=1S/C11H15N3O2S/c1-3-10-5-4-6-13-11(10)8-14-17(15,16)9(2)7-12/h4-6,9,14H,3,8H2,1-2H3. The van der Waals surface area contributed by atoms with E-state index >= 15 is 0 Å². The van der Waals surface area contributed by atoms with Crippen molar-refractivity contribution in [2.75, 3.05) is 0 Å². The second-order valence-corrected chi connectivity index (χ2v) is 5.69. The first kappa shape index (κ1) is 13.6. The third-order valence-electron chi connectivity index (χ3n) is 2.45. The normalized spacial score (nSPS) is 13.0. The van der Waals surface area contributed by atoms with Gasteiger partial charge in [0.25, 0.3) is 0 Å². The van der Waals surface area contributed by atoms with E-state index in [0.29, 0.717) is 5.69 Å². The molecule has 0 aromatic carbocycles. The highest BCUT2D eigenvalue weighted by atomic mass is 32.2. The van der Waals surface area contributed by atoms with Crippen LogP contribution in [0, 0.1) is 11.3 Å². The fourth-order valence-electron chi connectivity index (χ4n) is 1.32. The molecule has 0 saturated heterocycles. The molecule has 0 radical (unpaired) electrons. The van der Waals surface area contributed by atoms with Crippen LogP contribution in [0.1, 0.15) is 25.1 Å². The number of pyridine rings is 1. The molecule has 92 valence electrons. The van der Waals surface area contributed by atoms with Crippen LogP contribution in [0.2, 0.25) is 0 Å². The summed E-state index contributed by atoms with van der Waals surface area (Å²) in [5, 5.41) is 7.52. The first-order valence-electron chi connectivity index (χ1n) is 5.32. The minimum absolute atomic E-state index is 0.123. The van der Waals surface area contributed by atoms with Crippen LogP contribution in [0.5, 0.6) is 0 Å². The molecule has 1 N–H and O–H groups in total. The first-order valence-corrected chi connectivity index (χ1v) is 6.86. The van der Waals surface area contributed by atoms with Gasteiger partial charge in [-0.05, 0) is 25.0 Å². The Morgan fingerprint density at radius 3 is 2.88 bits per heavy atom. The molecular weight excluding hydrogens is 238 g/mol. The van der Waals surface area contributed by atoms with Gasteiger partial charge in [0.1, 0.15) is 0 Å². The Morgan fingerprint density at radius 2 is 2.29 bits per heavy atom. The molecule has 6 heteroatoms. The predicted molar refractivity (Wildman–Crippen MR) is 64.4 cm³/mol. The van der Waals surface area contributed by atoms with E-state index in [2.05, 4.69) is 9.71 Å². The van der Waals surface area contributed by atoms with Crippen molar-refractivity contribution in [2.24, 2.45) is 0 Å². The summed E-state index contributed by atoms with van der Waals surface area (Å²) in [5.41, 5.74) is 1.70. The van der Waals surface area contributed by atoms with Crippen molar-refractivity contribution < 1.29 is 8.42 Å². The molecule has 0 fully saturated rings. The monoisotopic (exact) mass is 253 g/mol. The van der Waals surface area contributed by atoms with Crippen molar-refractivity contribution >= 4 is 10.0 Å². The summed E-state index contributed by atoms with van der Waals surface area (Å²) in [5.74, 6) is 0. The smallest absolute Gasteiger partial charge is 0.228 e. The zero-order valence-electron chi connectivity index (χ0n) is 9.84. The lowest BCUT2D eigenvalue weighted by atomic mass is 10.1. The Hall–Kier alpha value is -1.45. The maximum absolute atomic E-state index is 11.6.